The van der Waals surface area contributed by atoms with E-state index in [1.807, 2.05) is 6.92 Å². The summed E-state index contributed by atoms with van der Waals surface area (Å²) >= 11 is 5.77. The Hall–Kier alpha value is -1.17. The maximum atomic E-state index is 12.1. The first-order valence-electron chi connectivity index (χ1n) is 7.49. The molecule has 1 amide bonds. The highest BCUT2D eigenvalue weighted by atomic mass is 35.5. The van der Waals surface area contributed by atoms with E-state index in [4.69, 9.17) is 11.6 Å². The predicted molar refractivity (Wildman–Crippen MR) is 85.6 cm³/mol. The third kappa shape index (κ3) is 4.95. The van der Waals surface area contributed by atoms with Crippen molar-refractivity contribution in [2.24, 2.45) is 0 Å². The van der Waals surface area contributed by atoms with E-state index < -0.39 is 0 Å². The van der Waals surface area contributed by atoms with Gasteiger partial charge in [-0.1, -0.05) is 18.5 Å². The van der Waals surface area contributed by atoms with Crippen LogP contribution in [0.4, 0.5) is 5.82 Å². The summed E-state index contributed by atoms with van der Waals surface area (Å²) in [6, 6.07) is 3.59. The summed E-state index contributed by atoms with van der Waals surface area (Å²) in [4.78, 5) is 18.6. The molecule has 0 radical (unpaired) electrons. The average molecular weight is 311 g/mol. The lowest BCUT2D eigenvalue weighted by atomic mass is 10.0. The number of hydrogen-bond acceptors (Lipinski definition) is 4. The summed E-state index contributed by atoms with van der Waals surface area (Å²) in [5, 5.41) is 6.76. The lowest BCUT2D eigenvalue weighted by Gasteiger charge is -2.32. The molecule has 116 valence electrons. The van der Waals surface area contributed by atoms with Crippen LogP contribution in [-0.4, -0.2) is 47.5 Å². The number of carbonyl (C=O) groups excluding carboxylic acids is 1. The fraction of sp³-hybridized carbons (Fsp3) is 0.600. The van der Waals surface area contributed by atoms with Crippen molar-refractivity contribution in [3.63, 3.8) is 0 Å². The first kappa shape index (κ1) is 16.2. The van der Waals surface area contributed by atoms with E-state index in [1.165, 1.54) is 6.20 Å². The second-order valence-electron chi connectivity index (χ2n) is 5.45. The molecule has 1 aromatic heterocycles. The van der Waals surface area contributed by atoms with E-state index in [2.05, 4.69) is 27.4 Å². The van der Waals surface area contributed by atoms with Crippen molar-refractivity contribution in [1.29, 1.82) is 0 Å². The number of halogens is 1. The first-order chi connectivity index (χ1) is 10.1. The Bertz CT molecular complexity index is 457. The molecule has 0 spiro atoms. The van der Waals surface area contributed by atoms with Gasteiger partial charge in [-0.15, -0.1) is 0 Å². The van der Waals surface area contributed by atoms with Crippen LogP contribution in [0, 0.1) is 0 Å². The first-order valence-corrected chi connectivity index (χ1v) is 7.87. The number of carbonyl (C=O) groups is 1. The van der Waals surface area contributed by atoms with E-state index in [1.54, 1.807) is 12.1 Å². The lowest BCUT2D eigenvalue weighted by molar-refractivity contribution is -0.118. The van der Waals surface area contributed by atoms with Crippen molar-refractivity contribution in [3.8, 4) is 0 Å². The monoisotopic (exact) mass is 310 g/mol. The fourth-order valence-electron chi connectivity index (χ4n) is 2.53. The molecule has 5 nitrogen and oxygen atoms in total. The van der Waals surface area contributed by atoms with Crippen LogP contribution in [0.5, 0.6) is 0 Å². The van der Waals surface area contributed by atoms with Crippen LogP contribution in [0.3, 0.4) is 0 Å². The summed E-state index contributed by atoms with van der Waals surface area (Å²) < 4.78 is 0. The summed E-state index contributed by atoms with van der Waals surface area (Å²) in [5.74, 6) is 0.460. The molecule has 6 heteroatoms. The second-order valence-corrected chi connectivity index (χ2v) is 5.88. The maximum Gasteiger partial charge on any atom is 0.242 e. The normalized spacial score (nSPS) is 18.4. The van der Waals surface area contributed by atoms with Gasteiger partial charge in [-0.2, -0.15) is 0 Å². The highest BCUT2D eigenvalue weighted by molar-refractivity contribution is 6.30. The molecular weight excluding hydrogens is 288 g/mol. The molecule has 2 N–H and O–H groups in total. The van der Waals surface area contributed by atoms with E-state index in [0.717, 1.165) is 32.5 Å². The number of amides is 1. The van der Waals surface area contributed by atoms with Crippen LogP contribution in [0.25, 0.3) is 0 Å². The van der Waals surface area contributed by atoms with Gasteiger partial charge >= 0.3 is 0 Å². The van der Waals surface area contributed by atoms with Gasteiger partial charge < -0.3 is 15.5 Å². The standard InChI is InChI=1S/C15H23ClN4O/c1-3-20-8-6-13(7-9-20)18-11(2)15(21)19-14-5-4-12(16)10-17-14/h4-5,10-11,13,18H,3,6-9H2,1-2H3,(H,17,19,21). The largest absolute Gasteiger partial charge is 0.309 e. The fourth-order valence-corrected chi connectivity index (χ4v) is 2.64. The highest BCUT2D eigenvalue weighted by Gasteiger charge is 2.22. The second kappa shape index (κ2) is 7.73. The van der Waals surface area contributed by atoms with Crippen LogP contribution in [0.1, 0.15) is 26.7 Å². The molecule has 2 heterocycles. The maximum absolute atomic E-state index is 12.1. The van der Waals surface area contributed by atoms with Gasteiger partial charge in [-0.25, -0.2) is 4.98 Å². The molecule has 0 saturated carbocycles. The van der Waals surface area contributed by atoms with E-state index in [-0.39, 0.29) is 11.9 Å². The molecule has 1 aliphatic rings. The zero-order chi connectivity index (χ0) is 15.2. The average Bonchev–Trinajstić information content (AvgIpc) is 2.50. The summed E-state index contributed by atoms with van der Waals surface area (Å²) in [6.07, 6.45) is 3.70. The number of nitrogens with zero attached hydrogens (tertiary/aromatic N) is 2. The molecule has 0 aromatic carbocycles. The zero-order valence-electron chi connectivity index (χ0n) is 12.6. The molecule has 1 aliphatic heterocycles. The van der Waals surface area contributed by atoms with Gasteiger partial charge in [-0.3, -0.25) is 4.79 Å². The minimum Gasteiger partial charge on any atom is -0.309 e. The van der Waals surface area contributed by atoms with Gasteiger partial charge in [0, 0.05) is 12.2 Å². The Morgan fingerprint density at radius 3 is 2.76 bits per heavy atom. The minimum absolute atomic E-state index is 0.0669. The molecular formula is C15H23ClN4O. The van der Waals surface area contributed by atoms with Crippen molar-refractivity contribution >= 4 is 23.3 Å². The van der Waals surface area contributed by atoms with Crippen LogP contribution in [0.15, 0.2) is 18.3 Å². The van der Waals surface area contributed by atoms with Crippen molar-refractivity contribution < 1.29 is 4.79 Å². The van der Waals surface area contributed by atoms with E-state index in [0.29, 0.717) is 16.9 Å². The zero-order valence-corrected chi connectivity index (χ0v) is 13.4. The number of nitrogens with one attached hydrogen (secondary N) is 2. The lowest BCUT2D eigenvalue weighted by Crippen LogP contribution is -2.48. The molecule has 0 aliphatic carbocycles. The van der Waals surface area contributed by atoms with Gasteiger partial charge in [0.15, 0.2) is 0 Å². The smallest absolute Gasteiger partial charge is 0.242 e. The number of pyridine rings is 1. The van der Waals surface area contributed by atoms with Crippen LogP contribution < -0.4 is 10.6 Å². The number of anilines is 1. The van der Waals surface area contributed by atoms with Crippen LogP contribution >= 0.6 is 11.6 Å². The third-order valence-electron chi connectivity index (χ3n) is 3.89. The SMILES string of the molecule is CCN1CCC(NC(C)C(=O)Nc2ccc(Cl)cn2)CC1. The van der Waals surface area contributed by atoms with Gasteiger partial charge in [0.1, 0.15) is 5.82 Å². The number of hydrogen-bond donors (Lipinski definition) is 2. The number of aromatic nitrogens is 1. The summed E-state index contributed by atoms with van der Waals surface area (Å²) in [5.41, 5.74) is 0. The van der Waals surface area contributed by atoms with Crippen molar-refractivity contribution in [3.05, 3.63) is 23.4 Å². The van der Waals surface area contributed by atoms with Crippen LogP contribution in [-0.2, 0) is 4.79 Å². The molecule has 1 atom stereocenters. The molecule has 1 unspecified atom stereocenters. The number of rotatable bonds is 5. The van der Waals surface area contributed by atoms with Gasteiger partial charge in [0.25, 0.3) is 0 Å². The van der Waals surface area contributed by atoms with Crippen molar-refractivity contribution in [1.82, 2.24) is 15.2 Å². The summed E-state index contributed by atoms with van der Waals surface area (Å²) in [7, 11) is 0. The molecule has 1 fully saturated rings. The Morgan fingerprint density at radius 1 is 1.48 bits per heavy atom. The van der Waals surface area contributed by atoms with Crippen molar-refractivity contribution in [2.45, 2.75) is 38.8 Å². The third-order valence-corrected chi connectivity index (χ3v) is 4.12. The topological polar surface area (TPSA) is 57.3 Å². The Balaban J connectivity index is 1.78. The van der Waals surface area contributed by atoms with Crippen molar-refractivity contribution in [2.75, 3.05) is 25.0 Å². The number of piperidine rings is 1. The Kier molecular flexibility index (Phi) is 5.96. The van der Waals surface area contributed by atoms with Crippen LogP contribution in [0.2, 0.25) is 5.02 Å². The number of likely N-dealkylation sites (tertiary alicyclic amines) is 1. The minimum atomic E-state index is -0.236. The molecule has 0 bridgehead atoms. The molecule has 21 heavy (non-hydrogen) atoms. The highest BCUT2D eigenvalue weighted by Crippen LogP contribution is 2.12. The van der Waals surface area contributed by atoms with Gasteiger partial charge in [-0.05, 0) is 51.5 Å². The predicted octanol–water partition coefficient (Wildman–Crippen LogP) is 2.14. The molecule has 1 saturated heterocycles. The summed E-state index contributed by atoms with van der Waals surface area (Å²) in [6.45, 7) is 7.37. The Labute approximate surface area is 131 Å². The quantitative estimate of drug-likeness (QED) is 0.875. The Morgan fingerprint density at radius 2 is 2.19 bits per heavy atom. The van der Waals surface area contributed by atoms with Gasteiger partial charge in [0.05, 0.1) is 11.1 Å². The van der Waals surface area contributed by atoms with E-state index >= 15 is 0 Å². The van der Waals surface area contributed by atoms with Gasteiger partial charge in [0.2, 0.25) is 5.91 Å². The molecule has 1 aromatic rings. The van der Waals surface area contributed by atoms with E-state index in [9.17, 15) is 4.79 Å². The molecule has 2 rings (SSSR count).